The van der Waals surface area contributed by atoms with E-state index >= 15 is 0 Å². The molecule has 1 N–H and O–H groups in total. The van der Waals surface area contributed by atoms with Crippen LogP contribution < -0.4 is 9.62 Å². The van der Waals surface area contributed by atoms with Crippen LogP contribution in [0.5, 0.6) is 0 Å². The van der Waals surface area contributed by atoms with Crippen molar-refractivity contribution in [2.45, 2.75) is 31.2 Å². The van der Waals surface area contributed by atoms with E-state index in [0.29, 0.717) is 18.1 Å². The summed E-state index contributed by atoms with van der Waals surface area (Å²) >= 11 is 0. The molecule has 6 heteroatoms. The van der Waals surface area contributed by atoms with E-state index in [2.05, 4.69) is 16.5 Å². The Morgan fingerprint density at radius 1 is 1.04 bits per heavy atom. The number of aryl methyl sites for hydroxylation is 1. The van der Waals surface area contributed by atoms with Crippen molar-refractivity contribution in [3.8, 4) is 0 Å². The number of nitrogens with zero attached hydrogens (tertiary/aromatic N) is 1. The number of sulfonamides is 1. The number of nitrogens with one attached hydrogen (secondary N) is 1. The predicted octanol–water partition coefficient (Wildman–Crippen LogP) is 2.95. The van der Waals surface area contributed by atoms with Gasteiger partial charge >= 0.3 is 0 Å². The van der Waals surface area contributed by atoms with Crippen molar-refractivity contribution in [2.75, 3.05) is 31.2 Å². The SMILES string of the molecule is CCCc1ccc(S(=O)(=O)NCc2ccccc2N2CCOCC2)cc1. The van der Waals surface area contributed by atoms with Gasteiger partial charge in [0, 0.05) is 25.3 Å². The highest BCUT2D eigenvalue weighted by molar-refractivity contribution is 7.89. The second kappa shape index (κ2) is 8.66. The molecule has 1 aliphatic heterocycles. The molecule has 2 aromatic carbocycles. The Morgan fingerprint density at radius 3 is 2.42 bits per heavy atom. The molecule has 0 bridgehead atoms. The lowest BCUT2D eigenvalue weighted by atomic mass is 10.1. The standard InChI is InChI=1S/C20H26N2O3S/c1-2-5-17-8-10-19(11-9-17)26(23,24)21-16-18-6-3-4-7-20(18)22-12-14-25-15-13-22/h3-4,6-11,21H,2,5,12-16H2,1H3. The third-order valence-corrected chi connectivity index (χ3v) is 5.99. The number of rotatable bonds is 7. The van der Waals surface area contributed by atoms with Gasteiger partial charge in [0.05, 0.1) is 18.1 Å². The second-order valence-corrected chi connectivity index (χ2v) is 8.21. The molecule has 140 valence electrons. The lowest BCUT2D eigenvalue weighted by molar-refractivity contribution is 0.122. The van der Waals surface area contributed by atoms with Crippen LogP contribution in [0.15, 0.2) is 53.4 Å². The van der Waals surface area contributed by atoms with Crippen LogP contribution in [0.25, 0.3) is 0 Å². The van der Waals surface area contributed by atoms with E-state index in [9.17, 15) is 8.42 Å². The zero-order valence-corrected chi connectivity index (χ0v) is 16.0. The zero-order valence-electron chi connectivity index (χ0n) is 15.1. The van der Waals surface area contributed by atoms with Gasteiger partial charge in [0.15, 0.2) is 0 Å². The third-order valence-electron chi connectivity index (χ3n) is 4.57. The summed E-state index contributed by atoms with van der Waals surface area (Å²) in [6.07, 6.45) is 2.00. The summed E-state index contributed by atoms with van der Waals surface area (Å²) in [4.78, 5) is 2.55. The van der Waals surface area contributed by atoms with Gasteiger partial charge in [-0.1, -0.05) is 43.7 Å². The molecule has 1 heterocycles. The largest absolute Gasteiger partial charge is 0.378 e. The average Bonchev–Trinajstić information content (AvgIpc) is 2.68. The maximum Gasteiger partial charge on any atom is 0.240 e. The fraction of sp³-hybridized carbons (Fsp3) is 0.400. The van der Waals surface area contributed by atoms with Gasteiger partial charge in [0.25, 0.3) is 0 Å². The van der Waals surface area contributed by atoms with Crippen molar-refractivity contribution in [3.63, 3.8) is 0 Å². The lowest BCUT2D eigenvalue weighted by Gasteiger charge is -2.30. The van der Waals surface area contributed by atoms with Crippen LogP contribution in [0.1, 0.15) is 24.5 Å². The van der Waals surface area contributed by atoms with E-state index in [-0.39, 0.29) is 6.54 Å². The van der Waals surface area contributed by atoms with Crippen LogP contribution >= 0.6 is 0 Å². The fourth-order valence-corrected chi connectivity index (χ4v) is 4.16. The molecule has 3 rings (SSSR count). The summed E-state index contributed by atoms with van der Waals surface area (Å²) in [5.74, 6) is 0. The van der Waals surface area contributed by atoms with Crippen molar-refractivity contribution in [2.24, 2.45) is 0 Å². The van der Waals surface area contributed by atoms with Gasteiger partial charge in [-0.05, 0) is 35.7 Å². The molecule has 0 atom stereocenters. The minimum Gasteiger partial charge on any atom is -0.378 e. The monoisotopic (exact) mass is 374 g/mol. The van der Waals surface area contributed by atoms with Gasteiger partial charge in [0.2, 0.25) is 10.0 Å². The number of anilines is 1. The number of para-hydroxylation sites is 1. The molecule has 1 saturated heterocycles. The molecular weight excluding hydrogens is 348 g/mol. The highest BCUT2D eigenvalue weighted by Crippen LogP contribution is 2.22. The van der Waals surface area contributed by atoms with Gasteiger partial charge in [-0.3, -0.25) is 0 Å². The maximum atomic E-state index is 12.6. The minimum atomic E-state index is -3.53. The average molecular weight is 375 g/mol. The van der Waals surface area contributed by atoms with Crippen LogP contribution in [0, 0.1) is 0 Å². The van der Waals surface area contributed by atoms with E-state index in [1.54, 1.807) is 12.1 Å². The minimum absolute atomic E-state index is 0.270. The van der Waals surface area contributed by atoms with Crippen LogP contribution in [0.2, 0.25) is 0 Å². The van der Waals surface area contributed by atoms with Gasteiger partial charge in [0.1, 0.15) is 0 Å². The summed E-state index contributed by atoms with van der Waals surface area (Å²) in [6.45, 7) is 5.42. The van der Waals surface area contributed by atoms with Crippen molar-refractivity contribution in [1.82, 2.24) is 4.72 Å². The topological polar surface area (TPSA) is 58.6 Å². The van der Waals surface area contributed by atoms with E-state index in [0.717, 1.165) is 42.7 Å². The third kappa shape index (κ3) is 4.63. The normalized spacial score (nSPS) is 15.2. The molecule has 1 aliphatic rings. The Bertz CT molecular complexity index is 813. The molecule has 0 spiro atoms. The molecule has 0 aromatic heterocycles. The number of ether oxygens (including phenoxy) is 1. The number of hydrogen-bond acceptors (Lipinski definition) is 4. The van der Waals surface area contributed by atoms with Crippen LogP contribution in [0.4, 0.5) is 5.69 Å². The maximum absolute atomic E-state index is 12.6. The Hall–Kier alpha value is -1.89. The lowest BCUT2D eigenvalue weighted by Crippen LogP contribution is -2.37. The van der Waals surface area contributed by atoms with Crippen molar-refractivity contribution in [1.29, 1.82) is 0 Å². The summed E-state index contributed by atoms with van der Waals surface area (Å²) in [5.41, 5.74) is 3.20. The molecule has 5 nitrogen and oxygen atoms in total. The predicted molar refractivity (Wildman–Crippen MR) is 104 cm³/mol. The first-order valence-electron chi connectivity index (χ1n) is 9.09. The molecule has 1 fully saturated rings. The molecule has 0 aliphatic carbocycles. The quantitative estimate of drug-likeness (QED) is 0.809. The van der Waals surface area contributed by atoms with E-state index in [1.807, 2.05) is 36.4 Å². The number of benzene rings is 2. The summed E-state index contributed by atoms with van der Waals surface area (Å²) < 4.78 is 33.4. The molecular formula is C20H26N2O3S. The highest BCUT2D eigenvalue weighted by Gasteiger charge is 2.17. The molecule has 26 heavy (non-hydrogen) atoms. The first-order valence-corrected chi connectivity index (χ1v) is 10.6. The van der Waals surface area contributed by atoms with Crippen molar-refractivity contribution in [3.05, 3.63) is 59.7 Å². The Morgan fingerprint density at radius 2 is 1.73 bits per heavy atom. The molecule has 0 saturated carbocycles. The van der Waals surface area contributed by atoms with Gasteiger partial charge in [-0.2, -0.15) is 0 Å². The Labute approximate surface area is 156 Å². The van der Waals surface area contributed by atoms with Crippen LogP contribution in [0.3, 0.4) is 0 Å². The molecule has 0 unspecified atom stereocenters. The molecule has 0 amide bonds. The summed E-state index contributed by atoms with van der Waals surface area (Å²) in [7, 11) is -3.53. The van der Waals surface area contributed by atoms with Gasteiger partial charge in [-0.15, -0.1) is 0 Å². The number of morpholine rings is 1. The molecule has 2 aromatic rings. The second-order valence-electron chi connectivity index (χ2n) is 6.45. The Balaban J connectivity index is 1.71. The molecule has 0 radical (unpaired) electrons. The fourth-order valence-electron chi connectivity index (χ4n) is 3.15. The van der Waals surface area contributed by atoms with Gasteiger partial charge in [-0.25, -0.2) is 13.1 Å². The Kier molecular flexibility index (Phi) is 6.29. The van der Waals surface area contributed by atoms with Crippen LogP contribution in [-0.4, -0.2) is 34.7 Å². The van der Waals surface area contributed by atoms with E-state index in [1.165, 1.54) is 0 Å². The number of hydrogen-bond donors (Lipinski definition) is 1. The van der Waals surface area contributed by atoms with Crippen molar-refractivity contribution >= 4 is 15.7 Å². The smallest absolute Gasteiger partial charge is 0.240 e. The van der Waals surface area contributed by atoms with Gasteiger partial charge < -0.3 is 9.64 Å². The summed E-state index contributed by atoms with van der Waals surface area (Å²) in [6, 6.07) is 15.1. The van der Waals surface area contributed by atoms with Crippen molar-refractivity contribution < 1.29 is 13.2 Å². The zero-order chi connectivity index (χ0) is 18.4. The van der Waals surface area contributed by atoms with E-state index in [4.69, 9.17) is 4.74 Å². The van der Waals surface area contributed by atoms with Crippen LogP contribution in [-0.2, 0) is 27.7 Å². The first kappa shape index (κ1) is 18.9. The highest BCUT2D eigenvalue weighted by atomic mass is 32.2. The van der Waals surface area contributed by atoms with E-state index < -0.39 is 10.0 Å². The first-order chi connectivity index (χ1) is 12.6. The summed E-state index contributed by atoms with van der Waals surface area (Å²) in [5, 5.41) is 0.